The van der Waals surface area contributed by atoms with Crippen molar-refractivity contribution in [3.63, 3.8) is 0 Å². The van der Waals surface area contributed by atoms with Crippen LogP contribution in [0.25, 0.3) is 0 Å². The third-order valence-electron chi connectivity index (χ3n) is 2.48. The van der Waals surface area contributed by atoms with Crippen LogP contribution in [0.3, 0.4) is 0 Å². The lowest BCUT2D eigenvalue weighted by molar-refractivity contribution is 0.00947. The van der Waals surface area contributed by atoms with E-state index >= 15 is 0 Å². The molecule has 1 aromatic rings. The number of carbonyl (C=O) groups is 1. The van der Waals surface area contributed by atoms with Crippen molar-refractivity contribution in [1.29, 1.82) is 0 Å². The molecule has 0 saturated heterocycles. The van der Waals surface area contributed by atoms with Crippen LogP contribution in [-0.2, 0) is 4.74 Å². The molecule has 1 rings (SSSR count). The van der Waals surface area contributed by atoms with Crippen molar-refractivity contribution >= 4 is 11.9 Å². The summed E-state index contributed by atoms with van der Waals surface area (Å²) in [6.07, 6.45) is -2.71. The van der Waals surface area contributed by atoms with Crippen molar-refractivity contribution in [3.8, 4) is 0 Å². The summed E-state index contributed by atoms with van der Waals surface area (Å²) in [7, 11) is 0. The number of hydrogen-bond acceptors (Lipinski definition) is 7. The maximum absolute atomic E-state index is 11.4. The Morgan fingerprint density at radius 2 is 2.05 bits per heavy atom. The summed E-state index contributed by atoms with van der Waals surface area (Å²) in [6.45, 7) is 5.43. The predicted molar refractivity (Wildman–Crippen MR) is 76.3 cm³/mol. The third kappa shape index (κ3) is 6.37. The van der Waals surface area contributed by atoms with Crippen molar-refractivity contribution < 1.29 is 19.7 Å². The summed E-state index contributed by atoms with van der Waals surface area (Å²) in [6, 6.07) is 2.97. The zero-order chi connectivity index (χ0) is 16.0. The predicted octanol–water partition coefficient (Wildman–Crippen LogP) is 0.368. The highest BCUT2D eigenvalue weighted by Crippen LogP contribution is 2.16. The SMILES string of the molecule is CC(C)(C)OC(=O)NCCC(O)C(O)c1ccc(N)nn1. The Kier molecular flexibility index (Phi) is 5.86. The van der Waals surface area contributed by atoms with Gasteiger partial charge in [-0.05, 0) is 39.3 Å². The Balaban J connectivity index is 2.38. The molecule has 21 heavy (non-hydrogen) atoms. The smallest absolute Gasteiger partial charge is 0.407 e. The van der Waals surface area contributed by atoms with E-state index in [9.17, 15) is 15.0 Å². The van der Waals surface area contributed by atoms with Crippen LogP contribution in [-0.4, -0.2) is 44.8 Å². The van der Waals surface area contributed by atoms with Gasteiger partial charge in [0, 0.05) is 6.54 Å². The van der Waals surface area contributed by atoms with Crippen LogP contribution >= 0.6 is 0 Å². The number of aliphatic hydroxyl groups excluding tert-OH is 2. The molecular formula is C13H22N4O4. The second-order valence-electron chi connectivity index (χ2n) is 5.61. The Labute approximate surface area is 123 Å². The number of aromatic nitrogens is 2. The number of nitrogen functional groups attached to an aromatic ring is 1. The van der Waals surface area contributed by atoms with E-state index in [1.54, 1.807) is 20.8 Å². The molecule has 2 atom stereocenters. The highest BCUT2D eigenvalue weighted by atomic mass is 16.6. The number of ether oxygens (including phenoxy) is 1. The van der Waals surface area contributed by atoms with Crippen LogP contribution in [0.5, 0.6) is 0 Å². The van der Waals surface area contributed by atoms with Gasteiger partial charge in [-0.2, -0.15) is 5.10 Å². The fourth-order valence-electron chi connectivity index (χ4n) is 1.50. The molecule has 8 nitrogen and oxygen atoms in total. The number of nitrogens with zero attached hydrogens (tertiary/aromatic N) is 2. The molecule has 2 unspecified atom stereocenters. The van der Waals surface area contributed by atoms with Crippen LogP contribution < -0.4 is 11.1 Å². The monoisotopic (exact) mass is 298 g/mol. The number of hydrogen-bond donors (Lipinski definition) is 4. The lowest BCUT2D eigenvalue weighted by Gasteiger charge is -2.21. The fraction of sp³-hybridized carbons (Fsp3) is 0.615. The van der Waals surface area contributed by atoms with E-state index in [0.29, 0.717) is 0 Å². The first-order chi connectivity index (χ1) is 9.69. The quantitative estimate of drug-likeness (QED) is 0.617. The van der Waals surface area contributed by atoms with Gasteiger partial charge in [-0.1, -0.05) is 0 Å². The molecule has 118 valence electrons. The minimum absolute atomic E-state index is 0.145. The number of nitrogens with one attached hydrogen (secondary N) is 1. The van der Waals surface area contributed by atoms with Gasteiger partial charge in [0.15, 0.2) is 0 Å². The Morgan fingerprint density at radius 1 is 1.38 bits per heavy atom. The summed E-state index contributed by atoms with van der Waals surface area (Å²) >= 11 is 0. The average Bonchev–Trinajstić information content (AvgIpc) is 2.36. The number of rotatable bonds is 5. The molecule has 0 aliphatic rings. The molecule has 5 N–H and O–H groups in total. The summed E-state index contributed by atoms with van der Waals surface area (Å²) in [5.74, 6) is 0.229. The molecule has 1 heterocycles. The van der Waals surface area contributed by atoms with E-state index in [1.165, 1.54) is 12.1 Å². The van der Waals surface area contributed by atoms with E-state index in [-0.39, 0.29) is 24.5 Å². The molecular weight excluding hydrogens is 276 g/mol. The summed E-state index contributed by atoms with van der Waals surface area (Å²) in [4.78, 5) is 11.4. The van der Waals surface area contributed by atoms with Gasteiger partial charge in [-0.15, -0.1) is 5.10 Å². The number of amides is 1. The zero-order valence-corrected chi connectivity index (χ0v) is 12.4. The van der Waals surface area contributed by atoms with Gasteiger partial charge >= 0.3 is 6.09 Å². The molecule has 0 aromatic carbocycles. The number of carbonyl (C=O) groups excluding carboxylic acids is 1. The molecule has 0 saturated carbocycles. The number of anilines is 1. The Bertz CT molecular complexity index is 458. The van der Waals surface area contributed by atoms with Crippen molar-refractivity contribution in [2.75, 3.05) is 12.3 Å². The van der Waals surface area contributed by atoms with Crippen LogP contribution in [0.4, 0.5) is 10.6 Å². The second kappa shape index (κ2) is 7.19. The first-order valence-electron chi connectivity index (χ1n) is 6.61. The van der Waals surface area contributed by atoms with Gasteiger partial charge in [0.05, 0.1) is 11.8 Å². The van der Waals surface area contributed by atoms with Crippen LogP contribution in [0.2, 0.25) is 0 Å². The highest BCUT2D eigenvalue weighted by molar-refractivity contribution is 5.67. The molecule has 0 bridgehead atoms. The molecule has 8 heteroatoms. The van der Waals surface area contributed by atoms with E-state index in [1.807, 2.05) is 0 Å². The van der Waals surface area contributed by atoms with E-state index in [0.717, 1.165) is 0 Å². The largest absolute Gasteiger partial charge is 0.444 e. The van der Waals surface area contributed by atoms with Crippen LogP contribution in [0, 0.1) is 0 Å². The van der Waals surface area contributed by atoms with E-state index in [2.05, 4.69) is 15.5 Å². The average molecular weight is 298 g/mol. The van der Waals surface area contributed by atoms with Crippen molar-refractivity contribution in [2.45, 2.75) is 45.0 Å². The summed E-state index contributed by atoms with van der Waals surface area (Å²) < 4.78 is 5.05. The van der Waals surface area contributed by atoms with Gasteiger partial charge in [0.1, 0.15) is 17.5 Å². The summed E-state index contributed by atoms with van der Waals surface area (Å²) in [5.41, 5.74) is 5.02. The topological polar surface area (TPSA) is 131 Å². The standard InChI is InChI=1S/C13H22N4O4/c1-13(2,3)21-12(20)15-7-6-9(18)11(19)8-4-5-10(14)17-16-8/h4-5,9,11,18-19H,6-7H2,1-3H3,(H2,14,17)(H,15,20). The van der Waals surface area contributed by atoms with Crippen LogP contribution in [0.15, 0.2) is 12.1 Å². The maximum atomic E-state index is 11.4. The summed E-state index contributed by atoms with van der Waals surface area (Å²) in [5, 5.41) is 29.5. The van der Waals surface area contributed by atoms with Gasteiger partial charge in [0.2, 0.25) is 0 Å². The van der Waals surface area contributed by atoms with E-state index < -0.39 is 23.9 Å². The molecule has 0 aliphatic carbocycles. The third-order valence-corrected chi connectivity index (χ3v) is 2.48. The van der Waals surface area contributed by atoms with Crippen molar-refractivity contribution in [1.82, 2.24) is 15.5 Å². The normalized spacial score (nSPS) is 14.3. The number of nitrogens with two attached hydrogens (primary N) is 1. The Morgan fingerprint density at radius 3 is 2.57 bits per heavy atom. The minimum atomic E-state index is -1.20. The first kappa shape index (κ1) is 17.1. The number of aliphatic hydroxyl groups is 2. The molecule has 1 aromatic heterocycles. The highest BCUT2D eigenvalue weighted by Gasteiger charge is 2.21. The molecule has 0 fully saturated rings. The minimum Gasteiger partial charge on any atom is -0.444 e. The first-order valence-corrected chi connectivity index (χ1v) is 6.61. The lowest BCUT2D eigenvalue weighted by Crippen LogP contribution is -2.34. The van der Waals surface area contributed by atoms with Gasteiger partial charge in [-0.3, -0.25) is 0 Å². The molecule has 1 amide bonds. The van der Waals surface area contributed by atoms with Crippen molar-refractivity contribution in [2.24, 2.45) is 0 Å². The lowest BCUT2D eigenvalue weighted by atomic mass is 10.1. The fourth-order valence-corrected chi connectivity index (χ4v) is 1.50. The van der Waals surface area contributed by atoms with Gasteiger partial charge in [0.25, 0.3) is 0 Å². The molecule has 0 aliphatic heterocycles. The number of alkyl carbamates (subject to hydrolysis) is 1. The van der Waals surface area contributed by atoms with Gasteiger partial charge < -0.3 is 26.0 Å². The van der Waals surface area contributed by atoms with Crippen LogP contribution in [0.1, 0.15) is 39.0 Å². The Hall–Kier alpha value is -1.93. The van der Waals surface area contributed by atoms with Gasteiger partial charge in [-0.25, -0.2) is 4.79 Å². The second-order valence-corrected chi connectivity index (χ2v) is 5.61. The zero-order valence-electron chi connectivity index (χ0n) is 12.4. The molecule has 0 radical (unpaired) electrons. The molecule has 0 spiro atoms. The van der Waals surface area contributed by atoms with E-state index in [4.69, 9.17) is 10.5 Å². The van der Waals surface area contributed by atoms with Crippen molar-refractivity contribution in [3.05, 3.63) is 17.8 Å². The maximum Gasteiger partial charge on any atom is 0.407 e.